The molecule has 0 spiro atoms. The number of aldehydes is 1. The molecule has 0 radical (unpaired) electrons. The van der Waals surface area contributed by atoms with E-state index in [0.29, 0.717) is 12.1 Å². The average Bonchev–Trinajstić information content (AvgIpc) is 2.31. The van der Waals surface area contributed by atoms with Crippen LogP contribution < -0.4 is 0 Å². The van der Waals surface area contributed by atoms with Crippen molar-refractivity contribution in [3.05, 3.63) is 47.8 Å². The van der Waals surface area contributed by atoms with Crippen molar-refractivity contribution in [2.24, 2.45) is 0 Å². The number of carbonyl (C=O) groups excluding carboxylic acids is 1. The van der Waals surface area contributed by atoms with Crippen molar-refractivity contribution in [2.45, 2.75) is 6.92 Å². The van der Waals surface area contributed by atoms with E-state index in [1.54, 1.807) is 25.4 Å². The Morgan fingerprint density at radius 3 is 2.50 bits per heavy atom. The van der Waals surface area contributed by atoms with Crippen LogP contribution in [0.3, 0.4) is 0 Å². The SMILES string of the molecule is Cc1ncc(-c2ccc(F)c(C=O)c2)cn1. The van der Waals surface area contributed by atoms with Crippen molar-refractivity contribution in [2.75, 3.05) is 0 Å². The molecule has 0 bridgehead atoms. The van der Waals surface area contributed by atoms with E-state index >= 15 is 0 Å². The van der Waals surface area contributed by atoms with Crippen molar-refractivity contribution < 1.29 is 9.18 Å². The van der Waals surface area contributed by atoms with Crippen molar-refractivity contribution in [1.29, 1.82) is 0 Å². The van der Waals surface area contributed by atoms with Crippen molar-refractivity contribution in [3.8, 4) is 11.1 Å². The maximum absolute atomic E-state index is 13.1. The molecular weight excluding hydrogens is 207 g/mol. The summed E-state index contributed by atoms with van der Waals surface area (Å²) in [5, 5.41) is 0. The van der Waals surface area contributed by atoms with Gasteiger partial charge in [-0.2, -0.15) is 0 Å². The van der Waals surface area contributed by atoms with Crippen LogP contribution in [0, 0.1) is 12.7 Å². The van der Waals surface area contributed by atoms with Crippen LogP contribution in [-0.4, -0.2) is 16.3 Å². The number of nitrogens with zero attached hydrogens (tertiary/aromatic N) is 2. The minimum atomic E-state index is -0.521. The molecule has 2 aromatic rings. The first kappa shape index (κ1) is 10.4. The molecule has 1 aromatic carbocycles. The number of aromatic nitrogens is 2. The summed E-state index contributed by atoms with van der Waals surface area (Å²) < 4.78 is 13.1. The van der Waals surface area contributed by atoms with E-state index in [1.165, 1.54) is 12.1 Å². The number of hydrogen-bond donors (Lipinski definition) is 0. The maximum Gasteiger partial charge on any atom is 0.153 e. The summed E-state index contributed by atoms with van der Waals surface area (Å²) in [6, 6.07) is 4.34. The third-order valence-electron chi connectivity index (χ3n) is 2.24. The molecule has 0 amide bonds. The Bertz CT molecular complexity index is 523. The van der Waals surface area contributed by atoms with Gasteiger partial charge in [0.2, 0.25) is 0 Å². The summed E-state index contributed by atoms with van der Waals surface area (Å²) in [5.74, 6) is 0.147. The van der Waals surface area contributed by atoms with Crippen LogP contribution in [0.25, 0.3) is 11.1 Å². The molecule has 2 rings (SSSR count). The van der Waals surface area contributed by atoms with Crippen molar-refractivity contribution in [3.63, 3.8) is 0 Å². The number of rotatable bonds is 2. The summed E-state index contributed by atoms with van der Waals surface area (Å²) in [4.78, 5) is 18.7. The van der Waals surface area contributed by atoms with E-state index in [-0.39, 0.29) is 5.56 Å². The highest BCUT2D eigenvalue weighted by atomic mass is 19.1. The topological polar surface area (TPSA) is 42.9 Å². The monoisotopic (exact) mass is 216 g/mol. The van der Waals surface area contributed by atoms with Crippen LogP contribution in [0.4, 0.5) is 4.39 Å². The summed E-state index contributed by atoms with van der Waals surface area (Å²) in [6.45, 7) is 1.78. The molecule has 0 aliphatic rings. The summed E-state index contributed by atoms with van der Waals surface area (Å²) >= 11 is 0. The Hall–Kier alpha value is -2.10. The first-order valence-corrected chi connectivity index (χ1v) is 4.74. The molecule has 0 aliphatic heterocycles. The number of halogens is 1. The van der Waals surface area contributed by atoms with E-state index in [1.807, 2.05) is 0 Å². The van der Waals surface area contributed by atoms with Gasteiger partial charge in [0.1, 0.15) is 11.6 Å². The van der Waals surface area contributed by atoms with Gasteiger partial charge in [0.05, 0.1) is 5.56 Å². The molecule has 0 N–H and O–H groups in total. The Morgan fingerprint density at radius 1 is 1.19 bits per heavy atom. The Balaban J connectivity index is 2.48. The van der Waals surface area contributed by atoms with E-state index in [0.717, 1.165) is 11.1 Å². The smallest absolute Gasteiger partial charge is 0.153 e. The van der Waals surface area contributed by atoms with Crippen LogP contribution in [0.2, 0.25) is 0 Å². The van der Waals surface area contributed by atoms with Gasteiger partial charge in [0.15, 0.2) is 6.29 Å². The van der Waals surface area contributed by atoms with Gasteiger partial charge in [-0.3, -0.25) is 4.79 Å². The lowest BCUT2D eigenvalue weighted by Crippen LogP contribution is -1.91. The molecule has 3 nitrogen and oxygen atoms in total. The molecule has 4 heteroatoms. The number of benzene rings is 1. The first-order chi connectivity index (χ1) is 7.70. The Kier molecular flexibility index (Phi) is 2.72. The minimum absolute atomic E-state index is 0.0399. The standard InChI is InChI=1S/C12H9FN2O/c1-8-14-5-11(6-15-8)9-2-3-12(13)10(4-9)7-16/h2-7H,1H3. The second-order valence-corrected chi connectivity index (χ2v) is 3.37. The molecule has 0 saturated heterocycles. The molecule has 0 aliphatic carbocycles. The minimum Gasteiger partial charge on any atom is -0.298 e. The van der Waals surface area contributed by atoms with Crippen LogP contribution >= 0.6 is 0 Å². The quantitative estimate of drug-likeness (QED) is 0.724. The lowest BCUT2D eigenvalue weighted by Gasteiger charge is -2.02. The number of aryl methyl sites for hydroxylation is 1. The molecule has 80 valence electrons. The zero-order chi connectivity index (χ0) is 11.5. The number of carbonyl (C=O) groups is 1. The van der Waals surface area contributed by atoms with Gasteiger partial charge in [-0.05, 0) is 24.6 Å². The molecule has 0 saturated carbocycles. The van der Waals surface area contributed by atoms with Crippen molar-refractivity contribution >= 4 is 6.29 Å². The third kappa shape index (κ3) is 1.95. The fraction of sp³-hybridized carbons (Fsp3) is 0.0833. The number of hydrogen-bond acceptors (Lipinski definition) is 3. The Labute approximate surface area is 92.0 Å². The van der Waals surface area contributed by atoms with E-state index in [2.05, 4.69) is 9.97 Å². The van der Waals surface area contributed by atoms with Gasteiger partial charge in [-0.15, -0.1) is 0 Å². The van der Waals surface area contributed by atoms with Crippen LogP contribution in [0.5, 0.6) is 0 Å². The highest BCUT2D eigenvalue weighted by Gasteiger charge is 2.04. The summed E-state index contributed by atoms with van der Waals surface area (Å²) in [7, 11) is 0. The van der Waals surface area contributed by atoms with Gasteiger partial charge in [0.25, 0.3) is 0 Å². The van der Waals surface area contributed by atoms with Crippen LogP contribution in [-0.2, 0) is 0 Å². The van der Waals surface area contributed by atoms with Gasteiger partial charge >= 0.3 is 0 Å². The Morgan fingerprint density at radius 2 is 1.88 bits per heavy atom. The molecule has 1 heterocycles. The average molecular weight is 216 g/mol. The fourth-order valence-corrected chi connectivity index (χ4v) is 1.36. The molecule has 0 atom stereocenters. The summed E-state index contributed by atoms with van der Waals surface area (Å²) in [6.07, 6.45) is 3.78. The van der Waals surface area contributed by atoms with Gasteiger partial charge in [-0.1, -0.05) is 6.07 Å². The normalized spacial score (nSPS) is 10.1. The van der Waals surface area contributed by atoms with Gasteiger partial charge in [-0.25, -0.2) is 14.4 Å². The lowest BCUT2D eigenvalue weighted by molar-refractivity contribution is 0.112. The molecule has 16 heavy (non-hydrogen) atoms. The summed E-state index contributed by atoms with van der Waals surface area (Å²) in [5.41, 5.74) is 1.52. The molecular formula is C12H9FN2O. The molecule has 0 fully saturated rings. The van der Waals surface area contributed by atoms with Crippen LogP contribution in [0.1, 0.15) is 16.2 Å². The largest absolute Gasteiger partial charge is 0.298 e. The zero-order valence-electron chi connectivity index (χ0n) is 8.64. The molecule has 1 aromatic heterocycles. The highest BCUT2D eigenvalue weighted by Crippen LogP contribution is 2.19. The van der Waals surface area contributed by atoms with Crippen LogP contribution in [0.15, 0.2) is 30.6 Å². The van der Waals surface area contributed by atoms with E-state index < -0.39 is 5.82 Å². The van der Waals surface area contributed by atoms with E-state index in [4.69, 9.17) is 0 Å². The van der Waals surface area contributed by atoms with Crippen molar-refractivity contribution in [1.82, 2.24) is 9.97 Å². The second-order valence-electron chi connectivity index (χ2n) is 3.37. The van der Waals surface area contributed by atoms with Gasteiger partial charge in [0, 0.05) is 18.0 Å². The van der Waals surface area contributed by atoms with E-state index in [9.17, 15) is 9.18 Å². The molecule has 0 unspecified atom stereocenters. The lowest BCUT2D eigenvalue weighted by atomic mass is 10.1. The highest BCUT2D eigenvalue weighted by molar-refractivity contribution is 5.79. The first-order valence-electron chi connectivity index (χ1n) is 4.74. The third-order valence-corrected chi connectivity index (χ3v) is 2.24. The predicted octanol–water partition coefficient (Wildman–Crippen LogP) is 2.40. The predicted molar refractivity (Wildman–Crippen MR) is 57.6 cm³/mol. The second kappa shape index (κ2) is 4.18. The van der Waals surface area contributed by atoms with Gasteiger partial charge < -0.3 is 0 Å². The zero-order valence-corrected chi connectivity index (χ0v) is 8.64. The maximum atomic E-state index is 13.1. The fourth-order valence-electron chi connectivity index (χ4n) is 1.36.